The maximum absolute atomic E-state index is 13.5. The molecule has 2 aromatic rings. The predicted octanol–water partition coefficient (Wildman–Crippen LogP) is 2.38. The Morgan fingerprint density at radius 3 is 2.75 bits per heavy atom. The lowest BCUT2D eigenvalue weighted by atomic mass is 9.43. The lowest BCUT2D eigenvalue weighted by molar-refractivity contribution is -0.104. The Morgan fingerprint density at radius 1 is 1.17 bits per heavy atom. The van der Waals surface area contributed by atoms with Crippen molar-refractivity contribution in [3.8, 4) is 5.75 Å². The molecule has 5 atom stereocenters. The molecule has 1 aromatic carbocycles. The summed E-state index contributed by atoms with van der Waals surface area (Å²) in [5, 5.41) is 10.6. The number of fused-ring (bicyclic) bond motifs is 1. The molecule has 2 heterocycles. The van der Waals surface area contributed by atoms with E-state index in [0.717, 1.165) is 51.0 Å². The van der Waals surface area contributed by atoms with Gasteiger partial charge in [0, 0.05) is 37.3 Å². The third-order valence-electron chi connectivity index (χ3n) is 10.7. The van der Waals surface area contributed by atoms with E-state index in [9.17, 15) is 19.5 Å². The highest BCUT2D eigenvalue weighted by molar-refractivity contribution is 5.93. The maximum Gasteiger partial charge on any atom is 0.325 e. The van der Waals surface area contributed by atoms with Crippen molar-refractivity contribution in [3.63, 3.8) is 0 Å². The Bertz CT molecular complexity index is 1360. The maximum atomic E-state index is 13.5. The number of hydrogen-bond donors (Lipinski definition) is 3. The minimum atomic E-state index is -0.647. The van der Waals surface area contributed by atoms with E-state index in [1.165, 1.54) is 36.7 Å². The molecule has 4 bridgehead atoms. The fraction of sp³-hybridized carbons (Fsp3) is 0.607. The van der Waals surface area contributed by atoms with Gasteiger partial charge in [-0.05, 0) is 98.4 Å². The number of nitrogens with one attached hydrogen (secondary N) is 2. The molecule has 3 N–H and O–H groups in total. The summed E-state index contributed by atoms with van der Waals surface area (Å²) in [7, 11) is 1.81. The van der Waals surface area contributed by atoms with Crippen LogP contribution >= 0.6 is 0 Å². The van der Waals surface area contributed by atoms with Gasteiger partial charge in [-0.2, -0.15) is 0 Å². The number of hydrogen-bond acceptors (Lipinski definition) is 5. The van der Waals surface area contributed by atoms with Gasteiger partial charge < -0.3 is 15.0 Å². The average Bonchev–Trinajstić information content (AvgIpc) is 3.64. The largest absolute Gasteiger partial charge is 0.508 e. The normalized spacial score (nSPS) is 34.6. The van der Waals surface area contributed by atoms with E-state index in [0.29, 0.717) is 11.8 Å². The van der Waals surface area contributed by atoms with Gasteiger partial charge in [-0.1, -0.05) is 6.07 Å². The molecule has 36 heavy (non-hydrogen) atoms. The highest BCUT2D eigenvalue weighted by Crippen LogP contribution is 2.72. The van der Waals surface area contributed by atoms with Gasteiger partial charge >= 0.3 is 5.69 Å². The van der Waals surface area contributed by atoms with Crippen LogP contribution in [0.25, 0.3) is 0 Å². The molecule has 4 aliphatic carbocycles. The van der Waals surface area contributed by atoms with Gasteiger partial charge in [-0.3, -0.25) is 19.5 Å². The van der Waals surface area contributed by atoms with Gasteiger partial charge in [0.2, 0.25) is 0 Å². The lowest BCUT2D eigenvalue weighted by Crippen LogP contribution is -2.70. The number of H-pyrrole nitrogens is 2. The Labute approximate surface area is 209 Å². The number of carbonyl (C=O) groups is 1. The van der Waals surface area contributed by atoms with E-state index in [-0.39, 0.29) is 34.3 Å². The van der Waals surface area contributed by atoms with Crippen LogP contribution in [-0.2, 0) is 11.8 Å². The molecule has 5 aliphatic rings. The Balaban J connectivity index is 1.31. The van der Waals surface area contributed by atoms with Gasteiger partial charge in [0.15, 0.2) is 0 Å². The number of benzene rings is 1. The first-order chi connectivity index (χ1) is 17.3. The highest BCUT2D eigenvalue weighted by Gasteiger charge is 2.71. The van der Waals surface area contributed by atoms with Crippen molar-refractivity contribution in [3.05, 3.63) is 61.9 Å². The van der Waals surface area contributed by atoms with Crippen LogP contribution < -0.4 is 11.2 Å². The Morgan fingerprint density at radius 2 is 1.97 bits per heavy atom. The molecule has 3 saturated carbocycles. The zero-order valence-corrected chi connectivity index (χ0v) is 20.8. The number of rotatable bonds is 4. The van der Waals surface area contributed by atoms with Crippen LogP contribution in [0.5, 0.6) is 5.75 Å². The number of aromatic nitrogens is 2. The molecule has 0 radical (unpaired) electrons. The third-order valence-corrected chi connectivity index (χ3v) is 10.7. The van der Waals surface area contributed by atoms with Gasteiger partial charge in [0.1, 0.15) is 11.3 Å². The van der Waals surface area contributed by atoms with E-state index in [4.69, 9.17) is 0 Å². The fourth-order valence-electron chi connectivity index (χ4n) is 9.13. The molecule has 7 rings (SSSR count). The SMILES string of the molecule is CN(C(=O)c1c[nH]c(=O)[nH]c1=O)C1CCC23CCC1C21CCN(CC2CC2)C3Cc2ccc(O)cc21. The van der Waals surface area contributed by atoms with Crippen LogP contribution in [0.15, 0.2) is 34.0 Å². The van der Waals surface area contributed by atoms with E-state index in [1.54, 1.807) is 4.90 Å². The molecule has 190 valence electrons. The monoisotopic (exact) mass is 490 g/mol. The number of amides is 1. The lowest BCUT2D eigenvalue weighted by Gasteiger charge is -2.67. The molecule has 0 spiro atoms. The van der Waals surface area contributed by atoms with Crippen molar-refractivity contribution < 1.29 is 9.90 Å². The minimum Gasteiger partial charge on any atom is -0.508 e. The summed E-state index contributed by atoms with van der Waals surface area (Å²) in [6.45, 7) is 2.27. The average molecular weight is 491 g/mol. The third kappa shape index (κ3) is 2.88. The smallest absolute Gasteiger partial charge is 0.325 e. The summed E-state index contributed by atoms with van der Waals surface area (Å²) < 4.78 is 0. The van der Waals surface area contributed by atoms with E-state index in [2.05, 4.69) is 20.9 Å². The van der Waals surface area contributed by atoms with Crippen LogP contribution in [-0.4, -0.2) is 63.0 Å². The quantitative estimate of drug-likeness (QED) is 0.610. The van der Waals surface area contributed by atoms with Crippen LogP contribution in [0.3, 0.4) is 0 Å². The molecular formula is C28H34N4O4. The molecule has 1 aromatic heterocycles. The van der Waals surface area contributed by atoms with Crippen molar-refractivity contribution in [2.45, 2.75) is 68.9 Å². The molecule has 8 heteroatoms. The predicted molar refractivity (Wildman–Crippen MR) is 134 cm³/mol. The summed E-state index contributed by atoms with van der Waals surface area (Å²) in [5.41, 5.74) is 1.47. The number of phenols is 1. The first-order valence-electron chi connectivity index (χ1n) is 13.5. The van der Waals surface area contributed by atoms with Crippen LogP contribution in [0, 0.1) is 17.3 Å². The number of phenolic OH excluding ortho intramolecular Hbond substituents is 1. The summed E-state index contributed by atoms with van der Waals surface area (Å²) in [6, 6.07) is 6.49. The first kappa shape index (κ1) is 22.3. The molecule has 5 unspecified atom stereocenters. The minimum absolute atomic E-state index is 0.00313. The number of likely N-dealkylation sites (tertiary alicyclic amines) is 1. The zero-order chi connectivity index (χ0) is 24.8. The van der Waals surface area contributed by atoms with Crippen molar-refractivity contribution in [2.75, 3.05) is 20.1 Å². The van der Waals surface area contributed by atoms with Gasteiger partial charge in [0.05, 0.1) is 0 Å². The van der Waals surface area contributed by atoms with E-state index >= 15 is 0 Å². The van der Waals surface area contributed by atoms with Crippen molar-refractivity contribution in [2.24, 2.45) is 17.3 Å². The molecule has 1 saturated heterocycles. The summed E-state index contributed by atoms with van der Waals surface area (Å²) >= 11 is 0. The zero-order valence-electron chi connectivity index (χ0n) is 20.8. The summed E-state index contributed by atoms with van der Waals surface area (Å²) in [5.74, 6) is 1.10. The van der Waals surface area contributed by atoms with Gasteiger partial charge in [0.25, 0.3) is 11.5 Å². The number of aromatic amines is 2. The second-order valence-electron chi connectivity index (χ2n) is 12.0. The number of nitrogens with zero attached hydrogens (tertiary/aromatic N) is 2. The second-order valence-corrected chi connectivity index (χ2v) is 12.0. The van der Waals surface area contributed by atoms with Gasteiger partial charge in [-0.25, -0.2) is 4.79 Å². The van der Waals surface area contributed by atoms with Crippen LogP contribution in [0.4, 0.5) is 0 Å². The number of aromatic hydroxyl groups is 1. The standard InChI is InChI=1S/C28H34N4O4/c1-31(25(35)19-14-29-26(36)30-24(19)34)22-7-9-27-8-6-20(22)28(27)10-11-32(15-16-2-3-16)23(27)12-17-4-5-18(33)13-21(17)28/h4-5,13-14,16,20,22-23,33H,2-3,6-12,15H2,1H3,(H2,29,30,34,36). The number of carbonyl (C=O) groups excluding carboxylic acids is 1. The fourth-order valence-corrected chi connectivity index (χ4v) is 9.13. The number of piperidine rings is 1. The van der Waals surface area contributed by atoms with Crippen LogP contribution in [0.1, 0.15) is 66.4 Å². The van der Waals surface area contributed by atoms with E-state index in [1.807, 2.05) is 19.2 Å². The first-order valence-corrected chi connectivity index (χ1v) is 13.5. The van der Waals surface area contributed by atoms with Crippen molar-refractivity contribution in [1.82, 2.24) is 19.8 Å². The second kappa shape index (κ2) is 7.57. The summed E-state index contributed by atoms with van der Waals surface area (Å²) in [4.78, 5) is 46.6. The molecular weight excluding hydrogens is 456 g/mol. The van der Waals surface area contributed by atoms with Crippen molar-refractivity contribution in [1.29, 1.82) is 0 Å². The van der Waals surface area contributed by atoms with Crippen molar-refractivity contribution >= 4 is 5.91 Å². The molecule has 8 nitrogen and oxygen atoms in total. The van der Waals surface area contributed by atoms with Gasteiger partial charge in [-0.15, -0.1) is 0 Å². The summed E-state index contributed by atoms with van der Waals surface area (Å²) in [6.07, 6.45) is 10.2. The van der Waals surface area contributed by atoms with E-state index < -0.39 is 11.2 Å². The highest BCUT2D eigenvalue weighted by atomic mass is 16.3. The molecule has 1 aliphatic heterocycles. The Kier molecular flexibility index (Phi) is 4.70. The Hall–Kier alpha value is -2.87. The molecule has 4 fully saturated rings. The molecule has 1 amide bonds. The topological polar surface area (TPSA) is 110 Å². The van der Waals surface area contributed by atoms with Crippen LogP contribution in [0.2, 0.25) is 0 Å².